The molecule has 0 bridgehead atoms. The van der Waals surface area contributed by atoms with Gasteiger partial charge in [0.05, 0.1) is 10.5 Å². The monoisotopic (exact) mass is 575 g/mol. The van der Waals surface area contributed by atoms with E-state index in [0.717, 1.165) is 62.1 Å². The number of amides is 4. The highest BCUT2D eigenvalue weighted by Gasteiger charge is 2.31. The Morgan fingerprint density at radius 2 is 1.77 bits per heavy atom. The number of hydrogen-bond acceptors (Lipinski definition) is 7. The smallest absolute Gasteiger partial charge is 0.321 e. The molecule has 4 amide bonds. The second kappa shape index (κ2) is 12.6. The standard InChI is InChI=1S/C27H37N5O5S2/c1-4-15-32-16-14-21-22(17-32)38-26(23(21)25(34)30-27(35)28-2)29-24(33)18-10-12-20(13-11-18)39(36,37)31(3)19-8-6-5-7-9-19/h10-13,19H,4-9,14-17H2,1-3H3,(H,29,33)(H2,28,30,34,35). The van der Waals surface area contributed by atoms with E-state index in [2.05, 4.69) is 27.8 Å². The number of sulfonamides is 1. The van der Waals surface area contributed by atoms with Gasteiger partial charge in [0.25, 0.3) is 11.8 Å². The van der Waals surface area contributed by atoms with Crippen LogP contribution >= 0.6 is 11.3 Å². The number of carbonyl (C=O) groups is 3. The highest BCUT2D eigenvalue weighted by molar-refractivity contribution is 7.89. The topological polar surface area (TPSA) is 128 Å². The van der Waals surface area contributed by atoms with Crippen molar-refractivity contribution in [1.82, 2.24) is 19.8 Å². The molecule has 2 aliphatic rings. The van der Waals surface area contributed by atoms with Crippen LogP contribution in [0.15, 0.2) is 29.2 Å². The number of rotatable bonds is 8. The highest BCUT2D eigenvalue weighted by Crippen LogP contribution is 2.37. The number of urea groups is 1. The van der Waals surface area contributed by atoms with E-state index in [-0.39, 0.29) is 16.5 Å². The first-order chi connectivity index (χ1) is 18.6. The quantitative estimate of drug-likeness (QED) is 0.440. The van der Waals surface area contributed by atoms with Crippen LogP contribution < -0.4 is 16.0 Å². The SMILES string of the molecule is CCCN1CCc2c(sc(NC(=O)c3ccc(S(=O)(=O)N(C)C4CCCCC4)cc3)c2C(=O)NC(=O)NC)C1. The van der Waals surface area contributed by atoms with Gasteiger partial charge in [0.1, 0.15) is 5.00 Å². The Morgan fingerprint density at radius 1 is 1.08 bits per heavy atom. The molecule has 1 aliphatic heterocycles. The van der Waals surface area contributed by atoms with Gasteiger partial charge in [-0.2, -0.15) is 4.31 Å². The van der Waals surface area contributed by atoms with Crippen LogP contribution in [0.1, 0.15) is 76.6 Å². The third-order valence-electron chi connectivity index (χ3n) is 7.47. The van der Waals surface area contributed by atoms with E-state index in [1.165, 1.54) is 47.0 Å². The fourth-order valence-electron chi connectivity index (χ4n) is 5.28. The lowest BCUT2D eigenvalue weighted by Gasteiger charge is -2.30. The minimum absolute atomic E-state index is 0.0100. The van der Waals surface area contributed by atoms with Gasteiger partial charge in [0.2, 0.25) is 10.0 Å². The lowest BCUT2D eigenvalue weighted by Crippen LogP contribution is -2.38. The molecule has 10 nitrogen and oxygen atoms in total. The lowest BCUT2D eigenvalue weighted by atomic mass is 9.96. The molecule has 2 heterocycles. The lowest BCUT2D eigenvalue weighted by molar-refractivity contribution is 0.0964. The normalized spacial score (nSPS) is 16.5. The first-order valence-corrected chi connectivity index (χ1v) is 15.7. The van der Waals surface area contributed by atoms with E-state index in [1.54, 1.807) is 7.05 Å². The number of carbonyl (C=O) groups excluding carboxylic acids is 3. The second-order valence-electron chi connectivity index (χ2n) is 10.1. The minimum Gasteiger partial charge on any atom is -0.341 e. The summed E-state index contributed by atoms with van der Waals surface area (Å²) in [5.74, 6) is -1.03. The summed E-state index contributed by atoms with van der Waals surface area (Å²) in [5, 5.41) is 7.91. The summed E-state index contributed by atoms with van der Waals surface area (Å²) in [5.41, 5.74) is 1.42. The summed E-state index contributed by atoms with van der Waals surface area (Å²) in [6, 6.07) is 5.23. The second-order valence-corrected chi connectivity index (χ2v) is 13.2. The van der Waals surface area contributed by atoms with Crippen molar-refractivity contribution in [2.45, 2.75) is 69.4 Å². The first-order valence-electron chi connectivity index (χ1n) is 13.4. The Labute approximate surface area is 234 Å². The molecule has 0 atom stereocenters. The number of nitrogens with one attached hydrogen (secondary N) is 3. The number of fused-ring (bicyclic) bond motifs is 1. The maximum absolute atomic E-state index is 13.2. The van der Waals surface area contributed by atoms with E-state index in [0.29, 0.717) is 23.5 Å². The molecule has 212 valence electrons. The van der Waals surface area contributed by atoms with E-state index in [1.807, 2.05) is 0 Å². The summed E-state index contributed by atoms with van der Waals surface area (Å²) in [4.78, 5) is 41.5. The number of imide groups is 1. The van der Waals surface area contributed by atoms with Crippen LogP contribution in [0.2, 0.25) is 0 Å². The average molecular weight is 576 g/mol. The van der Waals surface area contributed by atoms with Crippen molar-refractivity contribution in [3.63, 3.8) is 0 Å². The number of nitrogens with zero attached hydrogens (tertiary/aromatic N) is 2. The fraction of sp³-hybridized carbons (Fsp3) is 0.519. The Balaban J connectivity index is 1.55. The molecular formula is C27H37N5O5S2. The number of thiophene rings is 1. The van der Waals surface area contributed by atoms with E-state index >= 15 is 0 Å². The van der Waals surface area contributed by atoms with Gasteiger partial charge in [-0.05, 0) is 62.1 Å². The zero-order valence-corrected chi connectivity index (χ0v) is 24.3. The molecule has 1 saturated carbocycles. The molecule has 1 aromatic heterocycles. The molecule has 4 rings (SSSR count). The molecule has 39 heavy (non-hydrogen) atoms. The van der Waals surface area contributed by atoms with Gasteiger partial charge in [-0.25, -0.2) is 13.2 Å². The van der Waals surface area contributed by atoms with Crippen molar-refractivity contribution >= 4 is 44.2 Å². The Bertz CT molecular complexity index is 1320. The number of hydrogen-bond donors (Lipinski definition) is 3. The third kappa shape index (κ3) is 6.51. The number of anilines is 1. The van der Waals surface area contributed by atoms with Gasteiger partial charge in [-0.1, -0.05) is 26.2 Å². The van der Waals surface area contributed by atoms with Crippen LogP contribution in [0.3, 0.4) is 0 Å². The summed E-state index contributed by atoms with van der Waals surface area (Å²) in [7, 11) is -0.629. The average Bonchev–Trinajstić information content (AvgIpc) is 3.30. The van der Waals surface area contributed by atoms with Gasteiger partial charge >= 0.3 is 6.03 Å². The molecule has 1 aromatic carbocycles. The van der Waals surface area contributed by atoms with Gasteiger partial charge in [0, 0.05) is 43.7 Å². The van der Waals surface area contributed by atoms with E-state index in [4.69, 9.17) is 0 Å². The van der Waals surface area contributed by atoms with Crippen LogP contribution in [0.4, 0.5) is 9.80 Å². The largest absolute Gasteiger partial charge is 0.341 e. The molecule has 0 unspecified atom stereocenters. The van der Waals surface area contributed by atoms with Crippen LogP contribution in [0, 0.1) is 0 Å². The number of benzene rings is 1. The molecule has 0 radical (unpaired) electrons. The molecular weight excluding hydrogens is 538 g/mol. The minimum atomic E-state index is -3.68. The fourth-order valence-corrected chi connectivity index (χ4v) is 7.98. The van der Waals surface area contributed by atoms with Gasteiger partial charge < -0.3 is 10.6 Å². The van der Waals surface area contributed by atoms with E-state index in [9.17, 15) is 22.8 Å². The molecule has 1 fully saturated rings. The highest BCUT2D eigenvalue weighted by atomic mass is 32.2. The van der Waals surface area contributed by atoms with Crippen molar-refractivity contribution in [1.29, 1.82) is 0 Å². The van der Waals surface area contributed by atoms with Gasteiger partial charge in [0.15, 0.2) is 0 Å². The Morgan fingerprint density at radius 3 is 2.41 bits per heavy atom. The first kappa shape index (κ1) is 29.2. The molecule has 0 saturated heterocycles. The van der Waals surface area contributed by atoms with Gasteiger partial charge in [-0.15, -0.1) is 11.3 Å². The Hall–Kier alpha value is -2.80. The maximum Gasteiger partial charge on any atom is 0.321 e. The zero-order chi connectivity index (χ0) is 28.2. The molecule has 2 aromatic rings. The zero-order valence-electron chi connectivity index (χ0n) is 22.7. The summed E-state index contributed by atoms with van der Waals surface area (Å²) in [6.45, 7) is 4.51. The van der Waals surface area contributed by atoms with Crippen LogP contribution in [0.5, 0.6) is 0 Å². The van der Waals surface area contributed by atoms with Crippen LogP contribution in [0.25, 0.3) is 0 Å². The van der Waals surface area contributed by atoms with E-state index < -0.39 is 27.9 Å². The van der Waals surface area contributed by atoms with Crippen LogP contribution in [-0.4, -0.2) is 68.7 Å². The Kier molecular flexibility index (Phi) is 9.42. The summed E-state index contributed by atoms with van der Waals surface area (Å²) in [6.07, 6.45) is 6.54. The van der Waals surface area contributed by atoms with Crippen molar-refractivity contribution in [2.24, 2.45) is 0 Å². The van der Waals surface area contributed by atoms with Crippen molar-refractivity contribution < 1.29 is 22.8 Å². The summed E-state index contributed by atoms with van der Waals surface area (Å²) >= 11 is 1.34. The van der Waals surface area contributed by atoms with Crippen molar-refractivity contribution in [3.8, 4) is 0 Å². The molecule has 1 aliphatic carbocycles. The van der Waals surface area contributed by atoms with Crippen LogP contribution in [-0.2, 0) is 23.0 Å². The van der Waals surface area contributed by atoms with Crippen molar-refractivity contribution in [2.75, 3.05) is 32.5 Å². The van der Waals surface area contributed by atoms with Gasteiger partial charge in [-0.3, -0.25) is 19.8 Å². The van der Waals surface area contributed by atoms with Crippen molar-refractivity contribution in [3.05, 3.63) is 45.8 Å². The predicted octanol–water partition coefficient (Wildman–Crippen LogP) is 3.79. The molecule has 12 heteroatoms. The predicted molar refractivity (Wildman–Crippen MR) is 152 cm³/mol. The maximum atomic E-state index is 13.2. The molecule has 0 spiro atoms. The molecule has 3 N–H and O–H groups in total. The third-order valence-corrected chi connectivity index (χ3v) is 10.5. The summed E-state index contributed by atoms with van der Waals surface area (Å²) < 4.78 is 27.8.